The Morgan fingerprint density at radius 2 is 1.84 bits per heavy atom. The van der Waals surface area contributed by atoms with Crippen LogP contribution in [0.25, 0.3) is 0 Å². The van der Waals surface area contributed by atoms with Gasteiger partial charge in [0.15, 0.2) is 0 Å². The molecular formula is C15H24BrNO2. The minimum atomic E-state index is -0.506. The van der Waals surface area contributed by atoms with Crippen LogP contribution in [0.2, 0.25) is 0 Å². The van der Waals surface area contributed by atoms with E-state index in [4.69, 9.17) is 4.74 Å². The largest absolute Gasteiger partial charge is 0.491 e. The van der Waals surface area contributed by atoms with Crippen molar-refractivity contribution in [1.82, 2.24) is 5.32 Å². The quantitative estimate of drug-likeness (QED) is 0.842. The summed E-state index contributed by atoms with van der Waals surface area (Å²) in [4.78, 5) is 0. The number of rotatable bonds is 6. The molecule has 1 rings (SSSR count). The van der Waals surface area contributed by atoms with Gasteiger partial charge in [-0.2, -0.15) is 0 Å². The Labute approximate surface area is 124 Å². The Morgan fingerprint density at radius 3 is 2.37 bits per heavy atom. The average molecular weight is 330 g/mol. The van der Waals surface area contributed by atoms with E-state index in [-0.39, 0.29) is 5.41 Å². The number of aliphatic hydroxyl groups is 1. The van der Waals surface area contributed by atoms with Crippen LogP contribution in [-0.2, 0) is 0 Å². The van der Waals surface area contributed by atoms with Crippen molar-refractivity contribution in [2.45, 2.75) is 39.8 Å². The van der Waals surface area contributed by atoms with Crippen molar-refractivity contribution in [2.75, 3.05) is 13.2 Å². The van der Waals surface area contributed by atoms with Crippen LogP contribution >= 0.6 is 15.9 Å². The van der Waals surface area contributed by atoms with E-state index in [9.17, 15) is 5.11 Å². The molecule has 19 heavy (non-hydrogen) atoms. The molecule has 0 bridgehead atoms. The summed E-state index contributed by atoms with van der Waals surface area (Å²) in [5.41, 5.74) is 0.187. The number of nitrogens with one attached hydrogen (secondary N) is 1. The molecule has 0 amide bonds. The Bertz CT molecular complexity index is 373. The highest BCUT2D eigenvalue weighted by molar-refractivity contribution is 9.10. The maximum absolute atomic E-state index is 9.88. The summed E-state index contributed by atoms with van der Waals surface area (Å²) in [6, 6.07) is 7.93. The van der Waals surface area contributed by atoms with Crippen LogP contribution in [0.15, 0.2) is 28.7 Å². The molecule has 2 N–H and O–H groups in total. The SMILES string of the molecule is CC(NCC(O)COc1ccc(Br)cc1)C(C)(C)C. The molecule has 0 saturated heterocycles. The highest BCUT2D eigenvalue weighted by atomic mass is 79.9. The molecule has 1 aromatic rings. The molecule has 0 aromatic heterocycles. The third-order valence-electron chi connectivity index (χ3n) is 3.21. The lowest BCUT2D eigenvalue weighted by Crippen LogP contribution is -2.42. The zero-order chi connectivity index (χ0) is 14.5. The first-order valence-electron chi connectivity index (χ1n) is 6.59. The third-order valence-corrected chi connectivity index (χ3v) is 3.74. The van der Waals surface area contributed by atoms with Gasteiger partial charge >= 0.3 is 0 Å². The first-order chi connectivity index (χ1) is 8.79. The van der Waals surface area contributed by atoms with Crippen LogP contribution in [-0.4, -0.2) is 30.4 Å². The lowest BCUT2D eigenvalue weighted by Gasteiger charge is -2.29. The van der Waals surface area contributed by atoms with Crippen LogP contribution in [0.1, 0.15) is 27.7 Å². The number of hydrogen-bond donors (Lipinski definition) is 2. The fourth-order valence-corrected chi connectivity index (χ4v) is 1.67. The van der Waals surface area contributed by atoms with Crippen molar-refractivity contribution in [3.05, 3.63) is 28.7 Å². The first kappa shape index (κ1) is 16.5. The minimum Gasteiger partial charge on any atom is -0.491 e. The molecule has 2 atom stereocenters. The fourth-order valence-electron chi connectivity index (χ4n) is 1.40. The third kappa shape index (κ3) is 6.41. The number of ether oxygens (including phenoxy) is 1. The van der Waals surface area contributed by atoms with Gasteiger partial charge in [-0.15, -0.1) is 0 Å². The van der Waals surface area contributed by atoms with Crippen LogP contribution in [0.5, 0.6) is 5.75 Å². The van der Waals surface area contributed by atoms with Gasteiger partial charge in [-0.3, -0.25) is 0 Å². The van der Waals surface area contributed by atoms with E-state index in [1.807, 2.05) is 24.3 Å². The predicted octanol–water partition coefficient (Wildman–Crippen LogP) is 3.21. The second-order valence-electron chi connectivity index (χ2n) is 5.91. The zero-order valence-corrected chi connectivity index (χ0v) is 13.7. The van der Waals surface area contributed by atoms with Gasteiger partial charge in [-0.25, -0.2) is 0 Å². The highest BCUT2D eigenvalue weighted by Gasteiger charge is 2.20. The summed E-state index contributed by atoms with van der Waals surface area (Å²) in [5.74, 6) is 0.770. The van der Waals surface area contributed by atoms with Gasteiger partial charge in [-0.05, 0) is 36.6 Å². The fraction of sp³-hybridized carbons (Fsp3) is 0.600. The molecular weight excluding hydrogens is 306 g/mol. The maximum Gasteiger partial charge on any atom is 0.119 e. The molecule has 3 nitrogen and oxygen atoms in total. The van der Waals surface area contributed by atoms with E-state index in [1.54, 1.807) is 0 Å². The van der Waals surface area contributed by atoms with E-state index in [2.05, 4.69) is 48.9 Å². The summed E-state index contributed by atoms with van der Waals surface area (Å²) in [6.45, 7) is 9.49. The zero-order valence-electron chi connectivity index (χ0n) is 12.1. The lowest BCUT2D eigenvalue weighted by molar-refractivity contribution is 0.0986. The number of benzene rings is 1. The van der Waals surface area contributed by atoms with Crippen molar-refractivity contribution >= 4 is 15.9 Å². The van der Waals surface area contributed by atoms with Gasteiger partial charge in [0, 0.05) is 17.1 Å². The Kier molecular flexibility index (Phi) is 6.30. The summed E-state index contributed by atoms with van der Waals surface area (Å²) in [5, 5.41) is 13.2. The molecule has 0 aliphatic carbocycles. The summed E-state index contributed by atoms with van der Waals surface area (Å²) >= 11 is 3.37. The van der Waals surface area contributed by atoms with Gasteiger partial charge in [0.25, 0.3) is 0 Å². The molecule has 0 radical (unpaired) electrons. The van der Waals surface area contributed by atoms with Gasteiger partial charge in [-0.1, -0.05) is 36.7 Å². The van der Waals surface area contributed by atoms with Crippen molar-refractivity contribution in [1.29, 1.82) is 0 Å². The molecule has 0 aliphatic heterocycles. The van der Waals surface area contributed by atoms with E-state index in [0.717, 1.165) is 10.2 Å². The Morgan fingerprint density at radius 1 is 1.26 bits per heavy atom. The molecule has 0 fully saturated rings. The van der Waals surface area contributed by atoms with Crippen LogP contribution in [0, 0.1) is 5.41 Å². The normalized spacial score (nSPS) is 15.1. The maximum atomic E-state index is 9.88. The molecule has 4 heteroatoms. The van der Waals surface area contributed by atoms with Crippen molar-refractivity contribution in [3.8, 4) is 5.75 Å². The monoisotopic (exact) mass is 329 g/mol. The average Bonchev–Trinajstić information content (AvgIpc) is 2.34. The molecule has 2 unspecified atom stereocenters. The van der Waals surface area contributed by atoms with Crippen LogP contribution < -0.4 is 10.1 Å². The highest BCUT2D eigenvalue weighted by Crippen LogP contribution is 2.18. The van der Waals surface area contributed by atoms with Crippen molar-refractivity contribution < 1.29 is 9.84 Å². The number of aliphatic hydroxyl groups excluding tert-OH is 1. The number of halogens is 1. The van der Waals surface area contributed by atoms with Gasteiger partial charge in [0.2, 0.25) is 0 Å². The standard InChI is InChI=1S/C15H24BrNO2/c1-11(15(2,3)4)17-9-13(18)10-19-14-7-5-12(16)6-8-14/h5-8,11,13,17-18H,9-10H2,1-4H3. The minimum absolute atomic E-state index is 0.187. The molecule has 0 spiro atoms. The lowest BCUT2D eigenvalue weighted by atomic mass is 9.88. The summed E-state index contributed by atoms with van der Waals surface area (Å²) in [7, 11) is 0. The number of hydrogen-bond acceptors (Lipinski definition) is 3. The van der Waals surface area contributed by atoms with Gasteiger partial charge < -0.3 is 15.2 Å². The van der Waals surface area contributed by atoms with Gasteiger partial charge in [0.05, 0.1) is 0 Å². The van der Waals surface area contributed by atoms with E-state index in [0.29, 0.717) is 19.2 Å². The topological polar surface area (TPSA) is 41.5 Å². The molecule has 108 valence electrons. The second-order valence-corrected chi connectivity index (χ2v) is 6.83. The first-order valence-corrected chi connectivity index (χ1v) is 7.38. The van der Waals surface area contributed by atoms with Crippen LogP contribution in [0.4, 0.5) is 0 Å². The molecule has 0 aliphatic rings. The summed E-state index contributed by atoms with van der Waals surface area (Å²) in [6.07, 6.45) is -0.506. The smallest absolute Gasteiger partial charge is 0.119 e. The molecule has 0 heterocycles. The Hall–Kier alpha value is -0.580. The second kappa shape index (κ2) is 7.27. The van der Waals surface area contributed by atoms with Crippen LogP contribution in [0.3, 0.4) is 0 Å². The van der Waals surface area contributed by atoms with Crippen molar-refractivity contribution in [2.24, 2.45) is 5.41 Å². The predicted molar refractivity (Wildman–Crippen MR) is 82.6 cm³/mol. The Balaban J connectivity index is 2.28. The van der Waals surface area contributed by atoms with E-state index < -0.39 is 6.10 Å². The van der Waals surface area contributed by atoms with E-state index in [1.165, 1.54) is 0 Å². The molecule has 0 saturated carbocycles. The molecule has 1 aromatic carbocycles. The van der Waals surface area contributed by atoms with Gasteiger partial charge in [0.1, 0.15) is 18.5 Å². The van der Waals surface area contributed by atoms with Crippen molar-refractivity contribution in [3.63, 3.8) is 0 Å². The van der Waals surface area contributed by atoms with E-state index >= 15 is 0 Å². The summed E-state index contributed by atoms with van der Waals surface area (Å²) < 4.78 is 6.54.